The molecule has 0 fully saturated rings. The number of nitrogens with zero attached hydrogens (tertiary/aromatic N) is 2. The smallest absolute Gasteiger partial charge is 0.193 e. The van der Waals surface area contributed by atoms with E-state index in [9.17, 15) is 0 Å². The number of nitrogens with two attached hydrogens (primary N) is 1. The van der Waals surface area contributed by atoms with Crippen LogP contribution in [0.1, 0.15) is 37.0 Å². The number of rotatable bonds is 4. The SMILES string of the molecule is Cc1ccc(NC(N)=NCCc2nc(C(C)(C)C)cs2)cc1.I. The summed E-state index contributed by atoms with van der Waals surface area (Å²) < 4.78 is 0. The molecule has 0 amide bonds. The highest BCUT2D eigenvalue weighted by molar-refractivity contribution is 14.0. The molecule has 1 aromatic carbocycles. The number of aliphatic imine (C=N–C) groups is 1. The van der Waals surface area contributed by atoms with Crippen molar-refractivity contribution >= 4 is 47.0 Å². The number of aromatic nitrogens is 1. The minimum atomic E-state index is 0. The molecule has 1 heterocycles. The van der Waals surface area contributed by atoms with Crippen molar-refractivity contribution < 1.29 is 0 Å². The highest BCUT2D eigenvalue weighted by Crippen LogP contribution is 2.24. The zero-order valence-corrected chi connectivity index (χ0v) is 17.2. The van der Waals surface area contributed by atoms with Gasteiger partial charge in [-0.1, -0.05) is 38.5 Å². The maximum Gasteiger partial charge on any atom is 0.193 e. The van der Waals surface area contributed by atoms with Crippen molar-refractivity contribution in [2.45, 2.75) is 39.5 Å². The molecule has 126 valence electrons. The average Bonchev–Trinajstić information content (AvgIpc) is 2.90. The summed E-state index contributed by atoms with van der Waals surface area (Å²) in [6.45, 7) is 9.22. The van der Waals surface area contributed by atoms with Crippen molar-refractivity contribution in [2.75, 3.05) is 11.9 Å². The Morgan fingerprint density at radius 2 is 1.91 bits per heavy atom. The van der Waals surface area contributed by atoms with Gasteiger partial charge < -0.3 is 11.1 Å². The lowest BCUT2D eigenvalue weighted by Gasteiger charge is -2.14. The van der Waals surface area contributed by atoms with Crippen LogP contribution in [0.2, 0.25) is 0 Å². The van der Waals surface area contributed by atoms with Crippen LogP contribution in [0.5, 0.6) is 0 Å². The normalized spacial score (nSPS) is 11.9. The standard InChI is InChI=1S/C17H24N4S.HI/c1-12-5-7-13(8-6-12)20-16(18)19-10-9-15-21-14(11-22-15)17(2,3)4;/h5-8,11H,9-10H2,1-4H3,(H3,18,19,20);1H. The van der Waals surface area contributed by atoms with Crippen LogP contribution in [-0.4, -0.2) is 17.5 Å². The molecule has 3 N–H and O–H groups in total. The Kier molecular flexibility index (Phi) is 7.47. The summed E-state index contributed by atoms with van der Waals surface area (Å²) in [5.41, 5.74) is 9.32. The molecule has 2 aromatic rings. The van der Waals surface area contributed by atoms with Gasteiger partial charge in [0.05, 0.1) is 10.7 Å². The van der Waals surface area contributed by atoms with E-state index in [0.29, 0.717) is 12.5 Å². The molecule has 0 saturated carbocycles. The number of guanidine groups is 1. The van der Waals surface area contributed by atoms with Crippen LogP contribution in [0.4, 0.5) is 5.69 Å². The number of nitrogens with one attached hydrogen (secondary N) is 1. The topological polar surface area (TPSA) is 63.3 Å². The maximum atomic E-state index is 5.90. The minimum absolute atomic E-state index is 0. The molecule has 0 aliphatic carbocycles. The van der Waals surface area contributed by atoms with Gasteiger partial charge in [0.25, 0.3) is 0 Å². The van der Waals surface area contributed by atoms with Crippen molar-refractivity contribution in [2.24, 2.45) is 10.7 Å². The number of halogens is 1. The Morgan fingerprint density at radius 1 is 1.26 bits per heavy atom. The van der Waals surface area contributed by atoms with Gasteiger partial charge in [-0.25, -0.2) is 4.98 Å². The third-order valence-corrected chi connectivity index (χ3v) is 4.16. The predicted octanol–water partition coefficient (Wildman–Crippen LogP) is 4.34. The van der Waals surface area contributed by atoms with E-state index in [0.717, 1.165) is 22.8 Å². The summed E-state index contributed by atoms with van der Waals surface area (Å²) in [6.07, 6.45) is 0.816. The number of thiazole rings is 1. The zero-order chi connectivity index (χ0) is 16.2. The fourth-order valence-electron chi connectivity index (χ4n) is 1.87. The minimum Gasteiger partial charge on any atom is -0.370 e. The van der Waals surface area contributed by atoms with Gasteiger partial charge in [0.1, 0.15) is 0 Å². The van der Waals surface area contributed by atoms with Gasteiger partial charge in [0.15, 0.2) is 5.96 Å². The summed E-state index contributed by atoms with van der Waals surface area (Å²) in [6, 6.07) is 8.07. The first-order valence-corrected chi connectivity index (χ1v) is 8.31. The highest BCUT2D eigenvalue weighted by atomic mass is 127. The zero-order valence-electron chi connectivity index (χ0n) is 14.1. The lowest BCUT2D eigenvalue weighted by molar-refractivity contribution is 0.571. The second kappa shape index (κ2) is 8.63. The second-order valence-corrected chi connectivity index (χ2v) is 7.33. The van der Waals surface area contributed by atoms with E-state index in [2.05, 4.69) is 48.4 Å². The van der Waals surface area contributed by atoms with E-state index in [4.69, 9.17) is 5.73 Å². The molecule has 1 aromatic heterocycles. The third-order valence-electron chi connectivity index (χ3n) is 3.25. The van der Waals surface area contributed by atoms with Crippen LogP contribution in [0.15, 0.2) is 34.6 Å². The Bertz CT molecular complexity index is 641. The van der Waals surface area contributed by atoms with E-state index in [1.165, 1.54) is 5.56 Å². The first kappa shape index (κ1) is 19.9. The van der Waals surface area contributed by atoms with Gasteiger partial charge in [-0.05, 0) is 19.1 Å². The molecular formula is C17H25IN4S. The molecule has 0 spiro atoms. The fraction of sp³-hybridized carbons (Fsp3) is 0.412. The summed E-state index contributed by atoms with van der Waals surface area (Å²) in [5.74, 6) is 0.441. The molecule has 23 heavy (non-hydrogen) atoms. The van der Waals surface area contributed by atoms with E-state index >= 15 is 0 Å². The van der Waals surface area contributed by atoms with Crippen LogP contribution in [0, 0.1) is 6.92 Å². The van der Waals surface area contributed by atoms with Gasteiger partial charge in [0, 0.05) is 29.4 Å². The van der Waals surface area contributed by atoms with Gasteiger partial charge >= 0.3 is 0 Å². The van der Waals surface area contributed by atoms with Gasteiger partial charge in [-0.2, -0.15) is 0 Å². The summed E-state index contributed by atoms with van der Waals surface area (Å²) in [4.78, 5) is 9.02. The van der Waals surface area contributed by atoms with Crippen LogP contribution in [0.25, 0.3) is 0 Å². The van der Waals surface area contributed by atoms with E-state index in [1.54, 1.807) is 11.3 Å². The van der Waals surface area contributed by atoms with E-state index in [1.807, 2.05) is 24.3 Å². The van der Waals surface area contributed by atoms with E-state index in [-0.39, 0.29) is 29.4 Å². The molecule has 0 aliphatic rings. The van der Waals surface area contributed by atoms with Crippen LogP contribution < -0.4 is 11.1 Å². The molecule has 0 bridgehead atoms. The fourth-order valence-corrected chi connectivity index (χ4v) is 2.88. The summed E-state index contributed by atoms with van der Waals surface area (Å²) in [7, 11) is 0. The second-order valence-electron chi connectivity index (χ2n) is 6.38. The average molecular weight is 444 g/mol. The number of hydrogen-bond donors (Lipinski definition) is 2. The van der Waals surface area contributed by atoms with Gasteiger partial charge in [-0.3, -0.25) is 4.99 Å². The lowest BCUT2D eigenvalue weighted by Crippen LogP contribution is -2.23. The molecule has 0 radical (unpaired) electrons. The van der Waals surface area contributed by atoms with Crippen LogP contribution >= 0.6 is 35.3 Å². The van der Waals surface area contributed by atoms with Crippen molar-refractivity contribution in [1.29, 1.82) is 0 Å². The van der Waals surface area contributed by atoms with Crippen molar-refractivity contribution in [3.63, 3.8) is 0 Å². The Labute approximate surface area is 159 Å². The third kappa shape index (κ3) is 6.47. The number of hydrogen-bond acceptors (Lipinski definition) is 3. The quantitative estimate of drug-likeness (QED) is 0.419. The lowest BCUT2D eigenvalue weighted by atomic mass is 9.93. The molecule has 0 unspecified atom stereocenters. The molecule has 4 nitrogen and oxygen atoms in total. The molecule has 6 heteroatoms. The van der Waals surface area contributed by atoms with E-state index < -0.39 is 0 Å². The van der Waals surface area contributed by atoms with Crippen molar-refractivity contribution in [1.82, 2.24) is 4.98 Å². The summed E-state index contributed by atoms with van der Waals surface area (Å²) in [5, 5.41) is 6.34. The predicted molar refractivity (Wildman–Crippen MR) is 111 cm³/mol. The van der Waals surface area contributed by atoms with Crippen molar-refractivity contribution in [3.05, 3.63) is 45.9 Å². The number of aryl methyl sites for hydroxylation is 1. The Morgan fingerprint density at radius 3 is 2.48 bits per heavy atom. The first-order valence-electron chi connectivity index (χ1n) is 7.43. The molecule has 2 rings (SSSR count). The summed E-state index contributed by atoms with van der Waals surface area (Å²) >= 11 is 1.69. The number of anilines is 1. The monoisotopic (exact) mass is 444 g/mol. The Balaban J connectivity index is 0.00000264. The molecule has 0 atom stereocenters. The van der Waals surface area contributed by atoms with Crippen molar-refractivity contribution in [3.8, 4) is 0 Å². The number of benzene rings is 1. The highest BCUT2D eigenvalue weighted by Gasteiger charge is 2.17. The molecular weight excluding hydrogens is 419 g/mol. The van der Waals surface area contributed by atoms with Crippen LogP contribution in [0.3, 0.4) is 0 Å². The molecule has 0 aliphatic heterocycles. The molecule has 0 saturated heterocycles. The Hall–Kier alpha value is -1.15. The maximum absolute atomic E-state index is 5.90. The first-order chi connectivity index (χ1) is 10.3. The van der Waals surface area contributed by atoms with Gasteiger partial charge in [-0.15, -0.1) is 35.3 Å². The van der Waals surface area contributed by atoms with Gasteiger partial charge in [0.2, 0.25) is 0 Å². The largest absolute Gasteiger partial charge is 0.370 e. The van der Waals surface area contributed by atoms with Crippen LogP contribution in [-0.2, 0) is 11.8 Å².